The summed E-state index contributed by atoms with van der Waals surface area (Å²) < 4.78 is 10.4. The second kappa shape index (κ2) is 5.51. The van der Waals surface area contributed by atoms with Gasteiger partial charge >= 0.3 is 0 Å². The summed E-state index contributed by atoms with van der Waals surface area (Å²) in [5.74, 6) is 0.728. The van der Waals surface area contributed by atoms with Crippen molar-refractivity contribution in [3.05, 3.63) is 18.2 Å². The van der Waals surface area contributed by atoms with Crippen LogP contribution in [0.4, 0.5) is 5.69 Å². The van der Waals surface area contributed by atoms with Crippen LogP contribution in [0, 0.1) is 5.41 Å². The molecule has 2 saturated carbocycles. The van der Waals surface area contributed by atoms with Gasteiger partial charge < -0.3 is 20.1 Å². The number of nitrogens with one attached hydrogen (secondary N) is 2. The van der Waals surface area contributed by atoms with Crippen LogP contribution < -0.4 is 20.1 Å². The highest BCUT2D eigenvalue weighted by Gasteiger charge is 2.57. The summed E-state index contributed by atoms with van der Waals surface area (Å²) in [6.07, 6.45) is 3.23. The molecule has 1 aromatic carbocycles. The molecule has 0 aromatic heterocycles. The number of hydrogen-bond acceptors (Lipinski definition) is 4. The molecular formula is C16H20N2O4. The Morgan fingerprint density at radius 1 is 1.09 bits per heavy atom. The summed E-state index contributed by atoms with van der Waals surface area (Å²) in [6.45, 7) is 0. The summed E-state index contributed by atoms with van der Waals surface area (Å²) in [7, 11) is 3.09. The molecule has 2 fully saturated rings. The molecule has 0 spiro atoms. The van der Waals surface area contributed by atoms with Gasteiger partial charge in [0, 0.05) is 17.8 Å². The molecule has 6 heteroatoms. The van der Waals surface area contributed by atoms with Gasteiger partial charge in [-0.2, -0.15) is 0 Å². The van der Waals surface area contributed by atoms with Crippen molar-refractivity contribution >= 4 is 17.5 Å². The lowest BCUT2D eigenvalue weighted by Gasteiger charge is -2.16. The Morgan fingerprint density at radius 2 is 1.77 bits per heavy atom. The third-order valence-electron chi connectivity index (χ3n) is 4.17. The summed E-state index contributed by atoms with van der Waals surface area (Å²) in [5.41, 5.74) is -0.302. The lowest BCUT2D eigenvalue weighted by molar-refractivity contribution is -0.134. The lowest BCUT2D eigenvalue weighted by Crippen LogP contribution is -2.40. The molecule has 1 aromatic rings. The number of anilines is 1. The van der Waals surface area contributed by atoms with Gasteiger partial charge in [-0.05, 0) is 37.8 Å². The van der Waals surface area contributed by atoms with Crippen molar-refractivity contribution < 1.29 is 19.1 Å². The van der Waals surface area contributed by atoms with E-state index in [4.69, 9.17) is 9.47 Å². The van der Waals surface area contributed by atoms with Gasteiger partial charge in [0.05, 0.1) is 14.2 Å². The van der Waals surface area contributed by atoms with E-state index < -0.39 is 5.41 Å². The molecule has 22 heavy (non-hydrogen) atoms. The normalized spacial score (nSPS) is 18.3. The number of amides is 2. The molecule has 2 aliphatic rings. The molecule has 0 unspecified atom stereocenters. The standard InChI is InChI=1S/C16H20N2O4/c1-21-12-6-5-11(9-13(12)22-2)18-15(20)16(7-8-16)14(19)17-10-3-4-10/h5-6,9-10H,3-4,7-8H2,1-2H3,(H,17,19)(H,18,20). The zero-order chi connectivity index (χ0) is 15.7. The van der Waals surface area contributed by atoms with Crippen LogP contribution in [0.25, 0.3) is 0 Å². The quantitative estimate of drug-likeness (QED) is 0.784. The molecule has 2 N–H and O–H groups in total. The topological polar surface area (TPSA) is 76.7 Å². The SMILES string of the molecule is COc1ccc(NC(=O)C2(C(=O)NC3CC3)CC2)cc1OC. The molecule has 2 amide bonds. The lowest BCUT2D eigenvalue weighted by atomic mass is 10.0. The van der Waals surface area contributed by atoms with Gasteiger partial charge in [-0.15, -0.1) is 0 Å². The molecule has 3 rings (SSSR count). The molecule has 0 heterocycles. The van der Waals surface area contributed by atoms with E-state index in [1.54, 1.807) is 25.3 Å². The Kier molecular flexibility index (Phi) is 3.68. The van der Waals surface area contributed by atoms with Crippen molar-refractivity contribution in [3.63, 3.8) is 0 Å². The Bertz CT molecular complexity index is 606. The number of hydrogen-bond donors (Lipinski definition) is 2. The minimum Gasteiger partial charge on any atom is -0.493 e. The third kappa shape index (κ3) is 2.73. The minimum absolute atomic E-state index is 0.145. The van der Waals surface area contributed by atoms with E-state index in [9.17, 15) is 9.59 Å². The smallest absolute Gasteiger partial charge is 0.240 e. The second-order valence-corrected chi connectivity index (χ2v) is 5.85. The van der Waals surface area contributed by atoms with Crippen molar-refractivity contribution in [1.82, 2.24) is 5.32 Å². The van der Waals surface area contributed by atoms with Gasteiger partial charge in [-0.1, -0.05) is 0 Å². The van der Waals surface area contributed by atoms with Crippen LogP contribution in [0.5, 0.6) is 11.5 Å². The molecule has 2 aliphatic carbocycles. The number of carbonyl (C=O) groups excluding carboxylic acids is 2. The Hall–Kier alpha value is -2.24. The minimum atomic E-state index is -0.893. The van der Waals surface area contributed by atoms with E-state index in [1.165, 1.54) is 7.11 Å². The number of rotatable bonds is 6. The van der Waals surface area contributed by atoms with Gasteiger partial charge in [-0.25, -0.2) is 0 Å². The summed E-state index contributed by atoms with van der Waals surface area (Å²) in [6, 6.07) is 5.40. The zero-order valence-electron chi connectivity index (χ0n) is 12.8. The zero-order valence-corrected chi connectivity index (χ0v) is 12.8. The van der Waals surface area contributed by atoms with Crippen LogP contribution in [0.2, 0.25) is 0 Å². The van der Waals surface area contributed by atoms with Crippen LogP contribution in [0.1, 0.15) is 25.7 Å². The van der Waals surface area contributed by atoms with Gasteiger partial charge in [0.15, 0.2) is 11.5 Å². The van der Waals surface area contributed by atoms with E-state index in [0.29, 0.717) is 30.0 Å². The second-order valence-electron chi connectivity index (χ2n) is 5.85. The van der Waals surface area contributed by atoms with Crippen LogP contribution in [0.3, 0.4) is 0 Å². The fourth-order valence-corrected chi connectivity index (χ4v) is 2.40. The number of methoxy groups -OCH3 is 2. The van der Waals surface area contributed by atoms with Crippen LogP contribution in [-0.2, 0) is 9.59 Å². The molecule has 0 aliphatic heterocycles. The Morgan fingerprint density at radius 3 is 2.32 bits per heavy atom. The highest BCUT2D eigenvalue weighted by Crippen LogP contribution is 2.47. The largest absolute Gasteiger partial charge is 0.493 e. The van der Waals surface area contributed by atoms with Crippen LogP contribution in [-0.4, -0.2) is 32.1 Å². The molecule has 0 atom stereocenters. The molecule has 0 saturated heterocycles. The van der Waals surface area contributed by atoms with E-state index in [1.807, 2.05) is 0 Å². The maximum absolute atomic E-state index is 12.5. The monoisotopic (exact) mass is 304 g/mol. The molecule has 118 valence electrons. The van der Waals surface area contributed by atoms with Gasteiger partial charge in [0.1, 0.15) is 5.41 Å². The third-order valence-corrected chi connectivity index (χ3v) is 4.17. The molecule has 0 radical (unpaired) electrons. The first kappa shape index (κ1) is 14.7. The number of ether oxygens (including phenoxy) is 2. The summed E-state index contributed by atoms with van der Waals surface area (Å²) in [4.78, 5) is 24.7. The predicted octanol–water partition coefficient (Wildman–Crippen LogP) is 1.70. The fourth-order valence-electron chi connectivity index (χ4n) is 2.40. The van der Waals surface area contributed by atoms with Gasteiger partial charge in [0.25, 0.3) is 0 Å². The Labute approximate surface area is 129 Å². The maximum Gasteiger partial charge on any atom is 0.240 e. The average molecular weight is 304 g/mol. The van der Waals surface area contributed by atoms with E-state index >= 15 is 0 Å². The van der Waals surface area contributed by atoms with Crippen molar-refractivity contribution in [2.24, 2.45) is 5.41 Å². The first-order chi connectivity index (χ1) is 10.6. The molecule has 0 bridgehead atoms. The maximum atomic E-state index is 12.5. The van der Waals surface area contributed by atoms with Gasteiger partial charge in [0.2, 0.25) is 11.8 Å². The average Bonchev–Trinajstić information content (AvgIpc) is 3.40. The highest BCUT2D eigenvalue weighted by atomic mass is 16.5. The van der Waals surface area contributed by atoms with E-state index in [0.717, 1.165) is 12.8 Å². The number of carbonyl (C=O) groups is 2. The van der Waals surface area contributed by atoms with Crippen molar-refractivity contribution in [2.75, 3.05) is 19.5 Å². The predicted molar refractivity (Wildman–Crippen MR) is 81.0 cm³/mol. The van der Waals surface area contributed by atoms with Crippen LogP contribution in [0.15, 0.2) is 18.2 Å². The Balaban J connectivity index is 1.69. The van der Waals surface area contributed by atoms with E-state index in [2.05, 4.69) is 10.6 Å². The van der Waals surface area contributed by atoms with E-state index in [-0.39, 0.29) is 17.9 Å². The number of benzene rings is 1. The van der Waals surface area contributed by atoms with Crippen molar-refractivity contribution in [3.8, 4) is 11.5 Å². The summed E-state index contributed by atoms with van der Waals surface area (Å²) in [5, 5.41) is 5.73. The van der Waals surface area contributed by atoms with Crippen molar-refractivity contribution in [1.29, 1.82) is 0 Å². The fraction of sp³-hybridized carbons (Fsp3) is 0.500. The molecule has 6 nitrogen and oxygen atoms in total. The van der Waals surface area contributed by atoms with Crippen molar-refractivity contribution in [2.45, 2.75) is 31.7 Å². The summed E-state index contributed by atoms with van der Waals surface area (Å²) >= 11 is 0. The highest BCUT2D eigenvalue weighted by molar-refractivity contribution is 6.13. The first-order valence-corrected chi connectivity index (χ1v) is 7.43. The molecular weight excluding hydrogens is 284 g/mol. The first-order valence-electron chi connectivity index (χ1n) is 7.43. The van der Waals surface area contributed by atoms with Crippen LogP contribution >= 0.6 is 0 Å². The van der Waals surface area contributed by atoms with Gasteiger partial charge in [-0.3, -0.25) is 9.59 Å².